The maximum Gasteiger partial charge on any atom is 0.305 e. The van der Waals surface area contributed by atoms with Crippen molar-refractivity contribution in [2.75, 3.05) is 7.05 Å². The summed E-state index contributed by atoms with van der Waals surface area (Å²) in [6.07, 6.45) is 1.13. The summed E-state index contributed by atoms with van der Waals surface area (Å²) in [6, 6.07) is 8.23. The first-order valence-corrected chi connectivity index (χ1v) is 6.37. The summed E-state index contributed by atoms with van der Waals surface area (Å²) in [6.45, 7) is 6.30. The molecule has 0 aliphatic rings. The van der Waals surface area contributed by atoms with Crippen LogP contribution in [0.4, 0.5) is 0 Å². The zero-order valence-corrected chi connectivity index (χ0v) is 11.7. The molecular weight excluding hydrogens is 226 g/mol. The molecule has 1 rings (SSSR count). The van der Waals surface area contributed by atoms with Crippen molar-refractivity contribution in [3.05, 3.63) is 35.4 Å². The number of carbonyl (C=O) groups is 1. The Morgan fingerprint density at radius 3 is 2.28 bits per heavy atom. The van der Waals surface area contributed by atoms with Gasteiger partial charge in [0, 0.05) is 0 Å². The zero-order valence-electron chi connectivity index (χ0n) is 11.7. The van der Waals surface area contributed by atoms with Gasteiger partial charge in [0.1, 0.15) is 0 Å². The molecule has 1 aromatic rings. The Hall–Kier alpha value is -1.35. The fourth-order valence-electron chi connectivity index (χ4n) is 2.12. The van der Waals surface area contributed by atoms with Gasteiger partial charge in [-0.25, -0.2) is 0 Å². The second kappa shape index (κ2) is 6.01. The van der Waals surface area contributed by atoms with Gasteiger partial charge in [0.25, 0.3) is 0 Å². The molecule has 100 valence electrons. The maximum absolute atomic E-state index is 10.9. The highest BCUT2D eigenvalue weighted by Crippen LogP contribution is 2.25. The highest BCUT2D eigenvalue weighted by atomic mass is 16.4. The Labute approximate surface area is 109 Å². The molecule has 3 heteroatoms. The van der Waals surface area contributed by atoms with Crippen LogP contribution in [-0.2, 0) is 16.8 Å². The van der Waals surface area contributed by atoms with E-state index >= 15 is 0 Å². The molecule has 0 fully saturated rings. The lowest BCUT2D eigenvalue weighted by molar-refractivity contribution is -0.138. The molecule has 0 aliphatic carbocycles. The van der Waals surface area contributed by atoms with Crippen LogP contribution >= 0.6 is 0 Å². The number of benzene rings is 1. The monoisotopic (exact) mass is 249 g/mol. The van der Waals surface area contributed by atoms with Gasteiger partial charge in [0.2, 0.25) is 0 Å². The molecule has 0 aromatic heterocycles. The van der Waals surface area contributed by atoms with E-state index in [2.05, 4.69) is 31.3 Å². The minimum absolute atomic E-state index is 0.0764. The summed E-state index contributed by atoms with van der Waals surface area (Å²) in [5, 5.41) is 12.1. The van der Waals surface area contributed by atoms with Crippen molar-refractivity contribution in [2.45, 2.75) is 39.2 Å². The Morgan fingerprint density at radius 1 is 1.33 bits per heavy atom. The molecule has 3 nitrogen and oxygen atoms in total. The van der Waals surface area contributed by atoms with Crippen LogP contribution in [0.5, 0.6) is 0 Å². The third-order valence-corrected chi connectivity index (χ3v) is 3.29. The van der Waals surface area contributed by atoms with Gasteiger partial charge >= 0.3 is 5.97 Å². The molecule has 18 heavy (non-hydrogen) atoms. The number of hydrogen-bond acceptors (Lipinski definition) is 2. The molecule has 0 bridgehead atoms. The highest BCUT2D eigenvalue weighted by Gasteiger charge is 2.27. The van der Waals surface area contributed by atoms with Gasteiger partial charge in [-0.2, -0.15) is 0 Å². The van der Waals surface area contributed by atoms with E-state index < -0.39 is 11.5 Å². The Balaban J connectivity index is 2.91. The molecule has 1 unspecified atom stereocenters. The minimum Gasteiger partial charge on any atom is -0.481 e. The van der Waals surface area contributed by atoms with Gasteiger partial charge in [-0.3, -0.25) is 4.79 Å². The molecule has 0 saturated heterocycles. The van der Waals surface area contributed by atoms with Crippen molar-refractivity contribution < 1.29 is 9.90 Å². The van der Waals surface area contributed by atoms with Gasteiger partial charge in [0.05, 0.1) is 12.0 Å². The lowest BCUT2D eigenvalue weighted by Crippen LogP contribution is -2.38. The first-order chi connectivity index (χ1) is 8.37. The summed E-state index contributed by atoms with van der Waals surface area (Å²) in [5.74, 6) is -0.163. The van der Waals surface area contributed by atoms with E-state index in [1.165, 1.54) is 5.56 Å². The SMILES string of the molecule is CNC(C)(CC(=O)O)c1ccc(CC(C)C)cc1. The van der Waals surface area contributed by atoms with Crippen molar-refractivity contribution in [1.29, 1.82) is 0 Å². The molecular formula is C15H23NO2. The van der Waals surface area contributed by atoms with Crippen LogP contribution in [0.15, 0.2) is 24.3 Å². The molecule has 0 radical (unpaired) electrons. The van der Waals surface area contributed by atoms with E-state index in [1.54, 1.807) is 7.05 Å². The van der Waals surface area contributed by atoms with E-state index in [4.69, 9.17) is 5.11 Å². The van der Waals surface area contributed by atoms with Crippen molar-refractivity contribution in [3.63, 3.8) is 0 Å². The molecule has 0 saturated carbocycles. The van der Waals surface area contributed by atoms with Gasteiger partial charge in [-0.1, -0.05) is 38.1 Å². The molecule has 1 atom stereocenters. The van der Waals surface area contributed by atoms with Crippen molar-refractivity contribution >= 4 is 5.97 Å². The Bertz CT molecular complexity index is 397. The van der Waals surface area contributed by atoms with Crippen LogP contribution in [0.1, 0.15) is 38.3 Å². The van der Waals surface area contributed by atoms with Crippen LogP contribution < -0.4 is 5.32 Å². The molecule has 0 spiro atoms. The largest absolute Gasteiger partial charge is 0.481 e. The molecule has 1 aromatic carbocycles. The van der Waals surface area contributed by atoms with Gasteiger partial charge in [0.15, 0.2) is 0 Å². The summed E-state index contributed by atoms with van der Waals surface area (Å²) in [5.41, 5.74) is 1.80. The van der Waals surface area contributed by atoms with Gasteiger partial charge in [-0.05, 0) is 37.4 Å². The quantitative estimate of drug-likeness (QED) is 0.815. The second-order valence-electron chi connectivity index (χ2n) is 5.45. The average Bonchev–Trinajstić information content (AvgIpc) is 2.28. The topological polar surface area (TPSA) is 49.3 Å². The first-order valence-electron chi connectivity index (χ1n) is 6.37. The molecule has 0 heterocycles. The average molecular weight is 249 g/mol. The summed E-state index contributed by atoms with van der Waals surface area (Å²) in [4.78, 5) is 10.9. The van der Waals surface area contributed by atoms with Crippen molar-refractivity contribution in [1.82, 2.24) is 5.32 Å². The van der Waals surface area contributed by atoms with Crippen LogP contribution in [0.25, 0.3) is 0 Å². The van der Waals surface area contributed by atoms with Crippen LogP contribution in [0, 0.1) is 5.92 Å². The van der Waals surface area contributed by atoms with Gasteiger partial charge in [-0.15, -0.1) is 0 Å². The van der Waals surface area contributed by atoms with Crippen LogP contribution in [-0.4, -0.2) is 18.1 Å². The van der Waals surface area contributed by atoms with E-state index in [0.717, 1.165) is 12.0 Å². The summed E-state index contributed by atoms with van der Waals surface area (Å²) in [7, 11) is 1.80. The third-order valence-electron chi connectivity index (χ3n) is 3.29. The first kappa shape index (κ1) is 14.7. The van der Waals surface area contributed by atoms with E-state index in [1.807, 2.05) is 19.1 Å². The highest BCUT2D eigenvalue weighted by molar-refractivity contribution is 5.68. The summed E-state index contributed by atoms with van der Waals surface area (Å²) < 4.78 is 0. The van der Waals surface area contributed by atoms with Crippen LogP contribution in [0.3, 0.4) is 0 Å². The fourth-order valence-corrected chi connectivity index (χ4v) is 2.12. The summed E-state index contributed by atoms with van der Waals surface area (Å²) >= 11 is 0. The maximum atomic E-state index is 10.9. The normalized spacial score (nSPS) is 14.5. The minimum atomic E-state index is -0.793. The fraction of sp³-hybridized carbons (Fsp3) is 0.533. The van der Waals surface area contributed by atoms with E-state index in [0.29, 0.717) is 5.92 Å². The lowest BCUT2D eigenvalue weighted by atomic mass is 9.87. The molecule has 0 amide bonds. The zero-order chi connectivity index (χ0) is 13.8. The number of rotatable bonds is 6. The number of carboxylic acids is 1. The van der Waals surface area contributed by atoms with Crippen LogP contribution in [0.2, 0.25) is 0 Å². The van der Waals surface area contributed by atoms with Crippen molar-refractivity contribution in [2.24, 2.45) is 5.92 Å². The van der Waals surface area contributed by atoms with E-state index in [-0.39, 0.29) is 6.42 Å². The van der Waals surface area contributed by atoms with Gasteiger partial charge < -0.3 is 10.4 Å². The number of hydrogen-bond donors (Lipinski definition) is 2. The third kappa shape index (κ3) is 3.84. The Morgan fingerprint density at radius 2 is 1.89 bits per heavy atom. The smallest absolute Gasteiger partial charge is 0.305 e. The van der Waals surface area contributed by atoms with Crippen molar-refractivity contribution in [3.8, 4) is 0 Å². The second-order valence-corrected chi connectivity index (χ2v) is 5.45. The Kier molecular flexibility index (Phi) is 4.91. The number of nitrogens with one attached hydrogen (secondary N) is 1. The van der Waals surface area contributed by atoms with E-state index in [9.17, 15) is 4.79 Å². The number of aliphatic carboxylic acids is 1. The number of carboxylic acid groups (broad SMARTS) is 1. The molecule has 2 N–H and O–H groups in total. The molecule has 0 aliphatic heterocycles. The lowest BCUT2D eigenvalue weighted by Gasteiger charge is -2.28. The predicted molar refractivity (Wildman–Crippen MR) is 73.6 cm³/mol. The standard InChI is InChI=1S/C15H23NO2/c1-11(2)9-12-5-7-13(8-6-12)15(3,16-4)10-14(17)18/h5-8,11,16H,9-10H2,1-4H3,(H,17,18). The predicted octanol–water partition coefficient (Wildman–Crippen LogP) is 2.79.